The number of aryl methyl sites for hydroxylation is 2. The van der Waals surface area contributed by atoms with Gasteiger partial charge in [-0.05, 0) is 63.3 Å². The maximum Gasteiger partial charge on any atom is 0.0565 e. The molecule has 2 fully saturated rings. The van der Waals surface area contributed by atoms with E-state index in [1.807, 2.05) is 19.3 Å². The molecule has 24 heavy (non-hydrogen) atoms. The number of nitrogens with one attached hydrogen (secondary N) is 1. The maximum absolute atomic E-state index is 4.43. The summed E-state index contributed by atoms with van der Waals surface area (Å²) in [5.74, 6) is 0.614. The van der Waals surface area contributed by atoms with Gasteiger partial charge >= 0.3 is 0 Å². The minimum atomic E-state index is 0.481. The Balaban J connectivity index is 1.54. The summed E-state index contributed by atoms with van der Waals surface area (Å²) in [7, 11) is 2.08. The predicted molar refractivity (Wildman–Crippen MR) is 95.9 cm³/mol. The Labute approximate surface area is 144 Å². The number of hydrogen-bond donors (Lipinski definition) is 1. The molecular formula is C19H27N5. The fourth-order valence-corrected chi connectivity index (χ4v) is 4.12. The van der Waals surface area contributed by atoms with Gasteiger partial charge in [0, 0.05) is 43.4 Å². The molecule has 0 unspecified atom stereocenters. The van der Waals surface area contributed by atoms with Gasteiger partial charge in [0.15, 0.2) is 0 Å². The van der Waals surface area contributed by atoms with Crippen molar-refractivity contribution < 1.29 is 0 Å². The fourth-order valence-electron chi connectivity index (χ4n) is 4.12. The number of pyridine rings is 1. The lowest BCUT2D eigenvalue weighted by Gasteiger charge is -2.42. The standard InChI is InChI=1S/C19H27N5/c1-14-12-16(7-9-20-14)21-13-15-4-3-11-24(17-5-6-17)19(15)18-8-10-22-23(18)2/h7-10,12,15,17,19H,3-6,11,13H2,1-2H3,(H,20,21)/t15-,19+/m0/s1. The Hall–Kier alpha value is -1.88. The van der Waals surface area contributed by atoms with Crippen LogP contribution >= 0.6 is 0 Å². The Morgan fingerprint density at radius 1 is 1.21 bits per heavy atom. The molecule has 5 heteroatoms. The Bertz CT molecular complexity index is 691. The molecule has 2 aliphatic rings. The molecule has 2 aromatic rings. The van der Waals surface area contributed by atoms with Crippen molar-refractivity contribution in [3.05, 3.63) is 42.0 Å². The molecule has 2 aromatic heterocycles. The molecule has 2 atom stereocenters. The van der Waals surface area contributed by atoms with E-state index in [9.17, 15) is 0 Å². The molecule has 5 nitrogen and oxygen atoms in total. The zero-order chi connectivity index (χ0) is 16.5. The van der Waals surface area contributed by atoms with Crippen molar-refractivity contribution in [1.82, 2.24) is 19.7 Å². The van der Waals surface area contributed by atoms with Crippen LogP contribution < -0.4 is 5.32 Å². The molecule has 4 rings (SSSR count). The molecule has 0 radical (unpaired) electrons. The van der Waals surface area contributed by atoms with Gasteiger partial charge in [0.05, 0.1) is 11.7 Å². The zero-order valence-corrected chi connectivity index (χ0v) is 14.7. The second kappa shape index (κ2) is 6.55. The molecule has 1 aliphatic heterocycles. The average Bonchev–Trinajstić information content (AvgIpc) is 3.34. The van der Waals surface area contributed by atoms with Crippen molar-refractivity contribution in [2.75, 3.05) is 18.4 Å². The lowest BCUT2D eigenvalue weighted by Crippen LogP contribution is -2.43. The van der Waals surface area contributed by atoms with Gasteiger partial charge in [-0.2, -0.15) is 5.10 Å². The summed E-state index contributed by atoms with van der Waals surface area (Å²) in [6.45, 7) is 4.27. The number of hydrogen-bond acceptors (Lipinski definition) is 4. The number of anilines is 1. The van der Waals surface area contributed by atoms with Crippen molar-refractivity contribution in [3.63, 3.8) is 0 Å². The second-order valence-electron chi connectivity index (χ2n) is 7.26. The van der Waals surface area contributed by atoms with Gasteiger partial charge in [-0.25, -0.2) is 0 Å². The summed E-state index contributed by atoms with van der Waals surface area (Å²) in [4.78, 5) is 7.03. The van der Waals surface area contributed by atoms with Crippen LogP contribution in [-0.2, 0) is 7.05 Å². The van der Waals surface area contributed by atoms with E-state index in [-0.39, 0.29) is 0 Å². The highest BCUT2D eigenvalue weighted by Crippen LogP contribution is 2.42. The van der Waals surface area contributed by atoms with Gasteiger partial charge in [-0.15, -0.1) is 0 Å². The molecule has 0 aromatic carbocycles. The first-order valence-electron chi connectivity index (χ1n) is 9.12. The van der Waals surface area contributed by atoms with E-state index in [0.29, 0.717) is 12.0 Å². The number of piperidine rings is 1. The molecule has 128 valence electrons. The van der Waals surface area contributed by atoms with Crippen molar-refractivity contribution in [3.8, 4) is 0 Å². The second-order valence-corrected chi connectivity index (χ2v) is 7.26. The SMILES string of the molecule is Cc1cc(NC[C@@H]2CCCN(C3CC3)[C@H]2c2ccnn2C)ccn1. The number of aromatic nitrogens is 3. The molecule has 1 saturated carbocycles. The van der Waals surface area contributed by atoms with E-state index in [1.165, 1.54) is 43.6 Å². The monoisotopic (exact) mass is 325 g/mol. The minimum absolute atomic E-state index is 0.481. The van der Waals surface area contributed by atoms with Crippen LogP contribution in [0.4, 0.5) is 5.69 Å². The van der Waals surface area contributed by atoms with E-state index in [0.717, 1.165) is 18.3 Å². The lowest BCUT2D eigenvalue weighted by atomic mass is 9.86. The van der Waals surface area contributed by atoms with Crippen LogP contribution in [0.2, 0.25) is 0 Å². The summed E-state index contributed by atoms with van der Waals surface area (Å²) >= 11 is 0. The molecule has 3 heterocycles. The van der Waals surface area contributed by atoms with E-state index >= 15 is 0 Å². The third-order valence-corrected chi connectivity index (χ3v) is 5.44. The van der Waals surface area contributed by atoms with Gasteiger partial charge in [-0.3, -0.25) is 14.6 Å². The topological polar surface area (TPSA) is 46.0 Å². The molecule has 1 saturated heterocycles. The smallest absolute Gasteiger partial charge is 0.0565 e. The first kappa shape index (κ1) is 15.6. The van der Waals surface area contributed by atoms with Gasteiger partial charge in [0.2, 0.25) is 0 Å². The van der Waals surface area contributed by atoms with Crippen LogP contribution in [0.15, 0.2) is 30.6 Å². The summed E-state index contributed by atoms with van der Waals surface area (Å²) in [6.07, 6.45) is 9.11. The average molecular weight is 325 g/mol. The van der Waals surface area contributed by atoms with Crippen molar-refractivity contribution in [2.45, 2.75) is 44.7 Å². The molecule has 0 bridgehead atoms. The van der Waals surface area contributed by atoms with Crippen LogP contribution in [0.25, 0.3) is 0 Å². The highest BCUT2D eigenvalue weighted by molar-refractivity contribution is 5.43. The van der Waals surface area contributed by atoms with Crippen molar-refractivity contribution in [2.24, 2.45) is 13.0 Å². The summed E-state index contributed by atoms with van der Waals surface area (Å²) < 4.78 is 2.06. The maximum atomic E-state index is 4.43. The largest absolute Gasteiger partial charge is 0.385 e. The van der Waals surface area contributed by atoms with Crippen molar-refractivity contribution in [1.29, 1.82) is 0 Å². The molecule has 0 amide bonds. The van der Waals surface area contributed by atoms with E-state index in [4.69, 9.17) is 0 Å². The number of nitrogens with zero attached hydrogens (tertiary/aromatic N) is 4. The van der Waals surface area contributed by atoms with E-state index in [1.54, 1.807) is 0 Å². The van der Waals surface area contributed by atoms with Crippen LogP contribution in [-0.4, -0.2) is 38.8 Å². The highest BCUT2D eigenvalue weighted by Gasteiger charge is 2.41. The van der Waals surface area contributed by atoms with Gasteiger partial charge in [-0.1, -0.05) is 0 Å². The van der Waals surface area contributed by atoms with Crippen molar-refractivity contribution >= 4 is 5.69 Å². The highest BCUT2D eigenvalue weighted by atomic mass is 15.3. The lowest BCUT2D eigenvalue weighted by molar-refractivity contribution is 0.0841. The molecule has 1 aliphatic carbocycles. The summed E-state index contributed by atoms with van der Waals surface area (Å²) in [5, 5.41) is 8.08. The third kappa shape index (κ3) is 3.18. The Morgan fingerprint density at radius 2 is 2.08 bits per heavy atom. The number of likely N-dealkylation sites (tertiary alicyclic amines) is 1. The van der Waals surface area contributed by atoms with E-state index in [2.05, 4.69) is 50.2 Å². The predicted octanol–water partition coefficient (Wildman–Crippen LogP) is 3.15. The van der Waals surface area contributed by atoms with Crippen LogP contribution in [0.1, 0.15) is 43.1 Å². The van der Waals surface area contributed by atoms with Gasteiger partial charge in [0.1, 0.15) is 0 Å². The Morgan fingerprint density at radius 3 is 2.79 bits per heavy atom. The molecular weight excluding hydrogens is 298 g/mol. The van der Waals surface area contributed by atoms with Gasteiger partial charge < -0.3 is 5.32 Å². The summed E-state index contributed by atoms with van der Waals surface area (Å²) in [6, 6.07) is 7.66. The fraction of sp³-hybridized carbons (Fsp3) is 0.579. The normalized spacial score (nSPS) is 24.9. The first-order chi connectivity index (χ1) is 11.7. The van der Waals surface area contributed by atoms with Gasteiger partial charge in [0.25, 0.3) is 0 Å². The quantitative estimate of drug-likeness (QED) is 0.917. The zero-order valence-electron chi connectivity index (χ0n) is 14.7. The molecule has 0 spiro atoms. The summed E-state index contributed by atoms with van der Waals surface area (Å²) in [5.41, 5.74) is 3.60. The first-order valence-corrected chi connectivity index (χ1v) is 9.12. The van der Waals surface area contributed by atoms with Crippen LogP contribution in [0, 0.1) is 12.8 Å². The van der Waals surface area contributed by atoms with E-state index < -0.39 is 0 Å². The van der Waals surface area contributed by atoms with Crippen LogP contribution in [0.3, 0.4) is 0 Å². The minimum Gasteiger partial charge on any atom is -0.385 e. The molecule has 1 N–H and O–H groups in total. The van der Waals surface area contributed by atoms with Crippen LogP contribution in [0.5, 0.6) is 0 Å². The number of rotatable bonds is 5. The third-order valence-electron chi connectivity index (χ3n) is 5.44. The Kier molecular flexibility index (Phi) is 4.27.